The van der Waals surface area contributed by atoms with Crippen LogP contribution in [0.4, 0.5) is 0 Å². The zero-order chi connectivity index (χ0) is 19.1. The van der Waals surface area contributed by atoms with Crippen molar-refractivity contribution < 1.29 is 18.8 Å². The molecule has 0 saturated carbocycles. The lowest BCUT2D eigenvalue weighted by Crippen LogP contribution is -2.34. The van der Waals surface area contributed by atoms with E-state index in [1.54, 1.807) is 31.6 Å². The molecule has 0 radical (unpaired) electrons. The van der Waals surface area contributed by atoms with Crippen LogP contribution in [-0.2, 0) is 13.0 Å². The summed E-state index contributed by atoms with van der Waals surface area (Å²) in [6.07, 6.45) is 4.19. The highest BCUT2D eigenvalue weighted by molar-refractivity contribution is 5.92. The lowest BCUT2D eigenvalue weighted by atomic mass is 10.1. The first-order valence-corrected chi connectivity index (χ1v) is 8.56. The van der Waals surface area contributed by atoms with Gasteiger partial charge in [-0.15, -0.1) is 0 Å². The van der Waals surface area contributed by atoms with Crippen molar-refractivity contribution in [2.24, 2.45) is 0 Å². The first kappa shape index (κ1) is 18.4. The standard InChI is InChI=1S/C20H21N3O4/c1-14(9-15-5-4-8-21-12-15)22-20(24)19-11-18(27-23-19)13-26-17-7-3-6-16(10-17)25-2/h3-8,10-12,14H,9,13H2,1-2H3,(H,22,24)/t14-/m0/s1. The molecule has 1 aromatic carbocycles. The minimum atomic E-state index is -0.289. The van der Waals surface area contributed by atoms with Gasteiger partial charge in [-0.25, -0.2) is 0 Å². The van der Waals surface area contributed by atoms with Crippen LogP contribution in [0.15, 0.2) is 59.4 Å². The molecular weight excluding hydrogens is 346 g/mol. The Morgan fingerprint density at radius 1 is 1.22 bits per heavy atom. The van der Waals surface area contributed by atoms with Crippen LogP contribution in [-0.4, -0.2) is 29.2 Å². The summed E-state index contributed by atoms with van der Waals surface area (Å²) in [6.45, 7) is 2.09. The van der Waals surface area contributed by atoms with E-state index in [-0.39, 0.29) is 24.2 Å². The maximum absolute atomic E-state index is 12.3. The topological polar surface area (TPSA) is 86.5 Å². The number of pyridine rings is 1. The van der Waals surface area contributed by atoms with Crippen molar-refractivity contribution in [1.29, 1.82) is 0 Å². The Morgan fingerprint density at radius 2 is 2.07 bits per heavy atom. The molecule has 0 unspecified atom stereocenters. The molecule has 7 heteroatoms. The summed E-state index contributed by atoms with van der Waals surface area (Å²) in [7, 11) is 1.59. The lowest BCUT2D eigenvalue weighted by Gasteiger charge is -2.12. The van der Waals surface area contributed by atoms with E-state index in [4.69, 9.17) is 14.0 Å². The third-order valence-electron chi connectivity index (χ3n) is 3.86. The van der Waals surface area contributed by atoms with Crippen molar-refractivity contribution in [3.63, 3.8) is 0 Å². The summed E-state index contributed by atoms with van der Waals surface area (Å²) >= 11 is 0. The highest BCUT2D eigenvalue weighted by Gasteiger charge is 2.15. The minimum absolute atomic E-state index is 0.0603. The number of ether oxygens (including phenoxy) is 2. The fourth-order valence-corrected chi connectivity index (χ4v) is 2.55. The van der Waals surface area contributed by atoms with E-state index in [0.29, 0.717) is 23.7 Å². The molecule has 1 N–H and O–H groups in total. The number of carbonyl (C=O) groups excluding carboxylic acids is 1. The number of hydrogen-bond donors (Lipinski definition) is 1. The van der Waals surface area contributed by atoms with Crippen molar-refractivity contribution in [3.8, 4) is 11.5 Å². The Morgan fingerprint density at radius 3 is 2.85 bits per heavy atom. The number of benzene rings is 1. The van der Waals surface area contributed by atoms with Gasteiger partial charge in [0, 0.05) is 30.6 Å². The Bertz CT molecular complexity index is 880. The van der Waals surface area contributed by atoms with Crippen molar-refractivity contribution in [2.45, 2.75) is 26.0 Å². The van der Waals surface area contributed by atoms with Crippen LogP contribution in [0.2, 0.25) is 0 Å². The SMILES string of the molecule is COc1cccc(OCc2cc(C(=O)N[C@@H](C)Cc3cccnc3)no2)c1. The number of rotatable bonds is 8. The van der Waals surface area contributed by atoms with Crippen molar-refractivity contribution in [2.75, 3.05) is 7.11 Å². The summed E-state index contributed by atoms with van der Waals surface area (Å²) < 4.78 is 16.0. The van der Waals surface area contributed by atoms with Gasteiger partial charge >= 0.3 is 0 Å². The fraction of sp³-hybridized carbons (Fsp3) is 0.250. The van der Waals surface area contributed by atoms with Crippen molar-refractivity contribution in [3.05, 3.63) is 71.9 Å². The molecule has 0 aliphatic carbocycles. The van der Waals surface area contributed by atoms with Crippen LogP contribution in [0, 0.1) is 0 Å². The highest BCUT2D eigenvalue weighted by atomic mass is 16.5. The molecule has 27 heavy (non-hydrogen) atoms. The average Bonchev–Trinajstić information content (AvgIpc) is 3.16. The van der Waals surface area contributed by atoms with Gasteiger partial charge in [0.25, 0.3) is 5.91 Å². The average molecular weight is 367 g/mol. The number of amides is 1. The van der Waals surface area contributed by atoms with Gasteiger partial charge in [-0.05, 0) is 37.1 Å². The molecule has 0 spiro atoms. The van der Waals surface area contributed by atoms with E-state index < -0.39 is 0 Å². The monoisotopic (exact) mass is 367 g/mol. The van der Waals surface area contributed by atoms with Crippen LogP contribution in [0.3, 0.4) is 0 Å². The summed E-state index contributed by atoms with van der Waals surface area (Å²) in [6, 6.07) is 12.6. The summed E-state index contributed by atoms with van der Waals surface area (Å²) in [5.74, 6) is 1.51. The van der Waals surface area contributed by atoms with Crippen LogP contribution in [0.25, 0.3) is 0 Å². The molecule has 0 fully saturated rings. The molecular formula is C20H21N3O4. The van der Waals surface area contributed by atoms with Gasteiger partial charge in [0.2, 0.25) is 0 Å². The Balaban J connectivity index is 1.52. The second-order valence-electron chi connectivity index (χ2n) is 6.09. The Kier molecular flexibility index (Phi) is 6.04. The van der Waals surface area contributed by atoms with Gasteiger partial charge in [0.05, 0.1) is 7.11 Å². The largest absolute Gasteiger partial charge is 0.497 e. The molecule has 140 valence electrons. The first-order valence-electron chi connectivity index (χ1n) is 8.56. The van der Waals surface area contributed by atoms with Gasteiger partial charge in [0.1, 0.15) is 18.1 Å². The maximum atomic E-state index is 12.3. The normalized spacial score (nSPS) is 11.6. The Hall–Kier alpha value is -3.35. The second-order valence-corrected chi connectivity index (χ2v) is 6.09. The number of hydrogen-bond acceptors (Lipinski definition) is 6. The van der Waals surface area contributed by atoms with Crippen LogP contribution >= 0.6 is 0 Å². The van der Waals surface area contributed by atoms with Crippen LogP contribution in [0.1, 0.15) is 28.7 Å². The van der Waals surface area contributed by atoms with Gasteiger partial charge in [0.15, 0.2) is 11.5 Å². The molecule has 1 atom stereocenters. The molecule has 7 nitrogen and oxygen atoms in total. The van der Waals surface area contributed by atoms with E-state index in [1.165, 1.54) is 0 Å². The maximum Gasteiger partial charge on any atom is 0.273 e. The number of nitrogens with zero attached hydrogens (tertiary/aromatic N) is 2. The molecule has 2 aromatic heterocycles. The third-order valence-corrected chi connectivity index (χ3v) is 3.86. The Labute approximate surface area is 157 Å². The lowest BCUT2D eigenvalue weighted by molar-refractivity contribution is 0.0930. The molecule has 1 amide bonds. The van der Waals surface area contributed by atoms with Crippen LogP contribution < -0.4 is 14.8 Å². The molecule has 3 aromatic rings. The van der Waals surface area contributed by atoms with E-state index >= 15 is 0 Å². The quantitative estimate of drug-likeness (QED) is 0.659. The molecule has 0 bridgehead atoms. The van der Waals surface area contributed by atoms with E-state index in [1.807, 2.05) is 37.3 Å². The molecule has 0 saturated heterocycles. The molecule has 2 heterocycles. The molecule has 0 aliphatic rings. The predicted molar refractivity (Wildman–Crippen MR) is 98.7 cm³/mol. The smallest absolute Gasteiger partial charge is 0.273 e. The zero-order valence-corrected chi connectivity index (χ0v) is 15.2. The van der Waals surface area contributed by atoms with Crippen LogP contribution in [0.5, 0.6) is 11.5 Å². The highest BCUT2D eigenvalue weighted by Crippen LogP contribution is 2.20. The third kappa shape index (κ3) is 5.31. The molecule has 3 rings (SSSR count). The number of nitrogens with one attached hydrogen (secondary N) is 1. The van der Waals surface area contributed by atoms with Gasteiger partial charge in [-0.2, -0.15) is 0 Å². The molecule has 0 aliphatic heterocycles. The second kappa shape index (κ2) is 8.84. The fourth-order valence-electron chi connectivity index (χ4n) is 2.55. The van der Waals surface area contributed by atoms with E-state index in [9.17, 15) is 4.79 Å². The van der Waals surface area contributed by atoms with E-state index in [0.717, 1.165) is 5.56 Å². The number of carbonyl (C=O) groups is 1. The van der Waals surface area contributed by atoms with Gasteiger partial charge in [-0.3, -0.25) is 9.78 Å². The zero-order valence-electron chi connectivity index (χ0n) is 15.2. The number of aromatic nitrogens is 2. The van der Waals surface area contributed by atoms with Gasteiger partial charge in [-0.1, -0.05) is 17.3 Å². The van der Waals surface area contributed by atoms with Crippen molar-refractivity contribution in [1.82, 2.24) is 15.5 Å². The summed E-state index contributed by atoms with van der Waals surface area (Å²) in [5, 5.41) is 6.72. The summed E-state index contributed by atoms with van der Waals surface area (Å²) in [4.78, 5) is 16.4. The van der Waals surface area contributed by atoms with Gasteiger partial charge < -0.3 is 19.3 Å². The predicted octanol–water partition coefficient (Wildman–Crippen LogP) is 3.02. The first-order chi connectivity index (χ1) is 13.1. The number of methoxy groups -OCH3 is 1. The van der Waals surface area contributed by atoms with Crippen molar-refractivity contribution >= 4 is 5.91 Å². The minimum Gasteiger partial charge on any atom is -0.497 e. The summed E-state index contributed by atoms with van der Waals surface area (Å²) in [5.41, 5.74) is 1.27. The van der Waals surface area contributed by atoms with E-state index in [2.05, 4.69) is 15.5 Å².